The number of halogens is 4. The van der Waals surface area contributed by atoms with E-state index in [1.54, 1.807) is 13.0 Å². The fourth-order valence-corrected chi connectivity index (χ4v) is 5.92. The van der Waals surface area contributed by atoms with Gasteiger partial charge in [-0.15, -0.1) is 0 Å². The summed E-state index contributed by atoms with van der Waals surface area (Å²) in [5, 5.41) is 0. The van der Waals surface area contributed by atoms with Crippen LogP contribution in [-0.4, -0.2) is 41.1 Å². The molecule has 4 rings (SSSR count). The van der Waals surface area contributed by atoms with Gasteiger partial charge in [-0.2, -0.15) is 17.5 Å². The van der Waals surface area contributed by atoms with E-state index in [-0.39, 0.29) is 30.1 Å². The summed E-state index contributed by atoms with van der Waals surface area (Å²) < 4.78 is 79.0. The van der Waals surface area contributed by atoms with Gasteiger partial charge in [0.05, 0.1) is 22.2 Å². The van der Waals surface area contributed by atoms with Gasteiger partial charge in [0.1, 0.15) is 11.6 Å². The standard InChI is InChI=1S/C25H23F4N3O3S/c1-16-30-20(15-22(31-16)17-4-6-18(7-5-17)25(27,28)29)10-13-24(33)23-3-2-14-32(23)36(34,35)21-11-8-19(26)9-12-21/h4-9,11-12,15,23H,2-3,10,13-14H2,1H3. The van der Waals surface area contributed by atoms with Crippen molar-refractivity contribution in [1.82, 2.24) is 14.3 Å². The van der Waals surface area contributed by atoms with Crippen molar-refractivity contribution in [3.63, 3.8) is 0 Å². The second-order valence-electron chi connectivity index (χ2n) is 8.56. The summed E-state index contributed by atoms with van der Waals surface area (Å²) in [5.41, 5.74) is 0.671. The highest BCUT2D eigenvalue weighted by Gasteiger charge is 2.39. The van der Waals surface area contributed by atoms with E-state index in [0.717, 1.165) is 24.3 Å². The van der Waals surface area contributed by atoms with Crippen LogP contribution in [0.2, 0.25) is 0 Å². The van der Waals surface area contributed by atoms with Gasteiger partial charge in [0, 0.05) is 24.2 Å². The number of rotatable bonds is 7. The fraction of sp³-hybridized carbons (Fsp3) is 0.320. The molecule has 0 bridgehead atoms. The number of hydrogen-bond donors (Lipinski definition) is 0. The minimum atomic E-state index is -4.44. The Morgan fingerprint density at radius 3 is 2.36 bits per heavy atom. The molecule has 2 heterocycles. The van der Waals surface area contributed by atoms with Crippen LogP contribution in [0.4, 0.5) is 17.6 Å². The van der Waals surface area contributed by atoms with Crippen LogP contribution in [0.25, 0.3) is 11.3 Å². The van der Waals surface area contributed by atoms with Crippen LogP contribution in [0.5, 0.6) is 0 Å². The predicted molar refractivity (Wildman–Crippen MR) is 124 cm³/mol. The molecule has 0 N–H and O–H groups in total. The molecule has 1 unspecified atom stereocenters. The third-order valence-corrected chi connectivity index (χ3v) is 7.94. The maximum Gasteiger partial charge on any atom is 0.416 e. The molecule has 0 amide bonds. The van der Waals surface area contributed by atoms with E-state index in [1.165, 1.54) is 28.6 Å². The Kier molecular flexibility index (Phi) is 7.24. The molecule has 1 saturated heterocycles. The van der Waals surface area contributed by atoms with E-state index in [1.807, 2.05) is 0 Å². The van der Waals surface area contributed by atoms with Crippen LogP contribution >= 0.6 is 0 Å². The second-order valence-corrected chi connectivity index (χ2v) is 10.5. The maximum absolute atomic E-state index is 13.2. The van der Waals surface area contributed by atoms with Crippen molar-refractivity contribution in [2.24, 2.45) is 0 Å². The number of ketones is 1. The molecule has 190 valence electrons. The smallest absolute Gasteiger partial charge is 0.298 e. The van der Waals surface area contributed by atoms with E-state index < -0.39 is 33.6 Å². The summed E-state index contributed by atoms with van der Waals surface area (Å²) in [5.74, 6) is -0.416. The summed E-state index contributed by atoms with van der Waals surface area (Å²) in [6.45, 7) is 1.84. The van der Waals surface area contributed by atoms with Crippen LogP contribution in [0.1, 0.15) is 36.3 Å². The summed E-state index contributed by atoms with van der Waals surface area (Å²) in [4.78, 5) is 21.6. The molecule has 1 aromatic heterocycles. The molecular weight excluding hydrogens is 498 g/mol. The SMILES string of the molecule is Cc1nc(CCC(=O)C2CCCN2S(=O)(=O)c2ccc(F)cc2)cc(-c2ccc(C(F)(F)F)cc2)n1. The molecule has 11 heteroatoms. The summed E-state index contributed by atoms with van der Waals surface area (Å²) in [7, 11) is -3.96. The Labute approximate surface area is 206 Å². The average Bonchev–Trinajstić information content (AvgIpc) is 3.33. The molecule has 1 atom stereocenters. The van der Waals surface area contributed by atoms with E-state index in [2.05, 4.69) is 9.97 Å². The summed E-state index contributed by atoms with van der Waals surface area (Å²) in [6.07, 6.45) is -3.27. The van der Waals surface area contributed by atoms with E-state index >= 15 is 0 Å². The molecule has 3 aromatic rings. The molecule has 0 radical (unpaired) electrons. The Balaban J connectivity index is 1.48. The van der Waals surface area contributed by atoms with Crippen LogP contribution in [-0.2, 0) is 27.4 Å². The molecule has 0 saturated carbocycles. The number of benzene rings is 2. The molecule has 6 nitrogen and oxygen atoms in total. The van der Waals surface area contributed by atoms with Crippen molar-refractivity contribution in [2.75, 3.05) is 6.54 Å². The van der Waals surface area contributed by atoms with Crippen LogP contribution in [0.15, 0.2) is 59.5 Å². The van der Waals surface area contributed by atoms with Gasteiger partial charge in [0.2, 0.25) is 10.0 Å². The third-order valence-electron chi connectivity index (χ3n) is 6.02. The van der Waals surface area contributed by atoms with E-state index in [9.17, 15) is 30.8 Å². The Morgan fingerprint density at radius 2 is 1.72 bits per heavy atom. The first-order valence-corrected chi connectivity index (χ1v) is 12.7. The van der Waals surface area contributed by atoms with Gasteiger partial charge in [-0.25, -0.2) is 22.8 Å². The number of carbonyl (C=O) groups is 1. The number of aromatic nitrogens is 2. The van der Waals surface area contributed by atoms with Gasteiger partial charge < -0.3 is 0 Å². The van der Waals surface area contributed by atoms with Crippen molar-refractivity contribution in [3.8, 4) is 11.3 Å². The van der Waals surface area contributed by atoms with Crippen molar-refractivity contribution in [1.29, 1.82) is 0 Å². The quantitative estimate of drug-likeness (QED) is 0.411. The predicted octanol–water partition coefficient (Wildman–Crippen LogP) is 4.96. The Hall–Kier alpha value is -3.18. The molecule has 1 aliphatic rings. The number of alkyl halides is 3. The zero-order valence-electron chi connectivity index (χ0n) is 19.3. The minimum absolute atomic E-state index is 0.0308. The maximum atomic E-state index is 13.2. The first-order valence-electron chi connectivity index (χ1n) is 11.3. The number of Topliss-reactive ketones (excluding diaryl/α,β-unsaturated/α-hetero) is 1. The van der Waals surface area contributed by atoms with Crippen molar-refractivity contribution in [2.45, 2.75) is 49.7 Å². The zero-order chi connectivity index (χ0) is 26.1. The van der Waals surface area contributed by atoms with Crippen LogP contribution in [0, 0.1) is 12.7 Å². The van der Waals surface area contributed by atoms with E-state index in [0.29, 0.717) is 35.6 Å². The highest BCUT2D eigenvalue weighted by atomic mass is 32.2. The van der Waals surface area contributed by atoms with Gasteiger partial charge in [-0.1, -0.05) is 12.1 Å². The van der Waals surface area contributed by atoms with Gasteiger partial charge in [-0.3, -0.25) is 4.79 Å². The zero-order valence-corrected chi connectivity index (χ0v) is 20.1. The summed E-state index contributed by atoms with van der Waals surface area (Å²) in [6, 6.07) is 9.89. The second kappa shape index (κ2) is 10.1. The number of sulfonamides is 1. The number of carbonyl (C=O) groups excluding carboxylic acids is 1. The lowest BCUT2D eigenvalue weighted by molar-refractivity contribution is -0.137. The first-order chi connectivity index (χ1) is 16.9. The average molecular weight is 522 g/mol. The van der Waals surface area contributed by atoms with Gasteiger partial charge in [0.15, 0.2) is 5.78 Å². The largest absolute Gasteiger partial charge is 0.416 e. The van der Waals surface area contributed by atoms with Crippen molar-refractivity contribution in [3.05, 3.63) is 77.5 Å². The topological polar surface area (TPSA) is 80.2 Å². The third kappa shape index (κ3) is 5.62. The highest BCUT2D eigenvalue weighted by molar-refractivity contribution is 7.89. The van der Waals surface area contributed by atoms with Crippen LogP contribution in [0.3, 0.4) is 0 Å². The van der Waals surface area contributed by atoms with Gasteiger partial charge in [0.25, 0.3) is 0 Å². The van der Waals surface area contributed by atoms with Gasteiger partial charge in [-0.05, 0) is 68.7 Å². The van der Waals surface area contributed by atoms with E-state index in [4.69, 9.17) is 0 Å². The number of hydrogen-bond acceptors (Lipinski definition) is 5. The fourth-order valence-electron chi connectivity index (χ4n) is 4.24. The van der Waals surface area contributed by atoms with Crippen molar-refractivity contribution >= 4 is 15.8 Å². The van der Waals surface area contributed by atoms with Crippen LogP contribution < -0.4 is 0 Å². The van der Waals surface area contributed by atoms with Crippen molar-refractivity contribution < 1.29 is 30.8 Å². The Bertz CT molecular complexity index is 1360. The minimum Gasteiger partial charge on any atom is -0.298 e. The molecule has 1 fully saturated rings. The molecule has 1 aliphatic heterocycles. The summed E-state index contributed by atoms with van der Waals surface area (Å²) >= 11 is 0. The first kappa shape index (κ1) is 25.9. The lowest BCUT2D eigenvalue weighted by atomic mass is 10.0. The molecule has 36 heavy (non-hydrogen) atoms. The lowest BCUT2D eigenvalue weighted by Crippen LogP contribution is -2.40. The number of nitrogens with zero attached hydrogens (tertiary/aromatic N) is 3. The monoisotopic (exact) mass is 521 g/mol. The molecule has 0 spiro atoms. The lowest BCUT2D eigenvalue weighted by Gasteiger charge is -2.23. The normalized spacial score (nSPS) is 16.9. The molecular formula is C25H23F4N3O3S. The Morgan fingerprint density at radius 1 is 1.06 bits per heavy atom. The number of aryl methyl sites for hydroxylation is 2. The molecule has 0 aliphatic carbocycles. The highest BCUT2D eigenvalue weighted by Crippen LogP contribution is 2.31. The molecule has 2 aromatic carbocycles. The van der Waals surface area contributed by atoms with Gasteiger partial charge >= 0.3 is 6.18 Å².